The largest absolute Gasteiger partial charge is 0.505 e. The van der Waals surface area contributed by atoms with Gasteiger partial charge in [0.2, 0.25) is 0 Å². The number of phenolic OH excluding ortho intramolecular Hbond substituents is 1. The van der Waals surface area contributed by atoms with Crippen molar-refractivity contribution in [3.63, 3.8) is 0 Å². The molecule has 11 heteroatoms. The zero-order valence-electron chi connectivity index (χ0n) is 17.4. The van der Waals surface area contributed by atoms with Gasteiger partial charge in [-0.15, -0.1) is 0 Å². The van der Waals surface area contributed by atoms with Crippen LogP contribution in [0.25, 0.3) is 10.9 Å². The van der Waals surface area contributed by atoms with E-state index in [-0.39, 0.29) is 35.8 Å². The number of ether oxygens (including phenoxy) is 1. The molecule has 1 aliphatic heterocycles. The lowest BCUT2D eigenvalue weighted by Gasteiger charge is -2.22. The van der Waals surface area contributed by atoms with Crippen molar-refractivity contribution < 1.29 is 33.4 Å². The van der Waals surface area contributed by atoms with Gasteiger partial charge >= 0.3 is 7.60 Å². The van der Waals surface area contributed by atoms with Crippen LogP contribution in [-0.4, -0.2) is 50.0 Å². The van der Waals surface area contributed by atoms with E-state index in [4.69, 9.17) is 4.74 Å². The normalized spacial score (nSPS) is 14.3. The smallest absolute Gasteiger partial charge is 0.328 e. The summed E-state index contributed by atoms with van der Waals surface area (Å²) in [5, 5.41) is 11.5. The van der Waals surface area contributed by atoms with Gasteiger partial charge in [0.1, 0.15) is 17.1 Å². The highest BCUT2D eigenvalue weighted by Gasteiger charge is 2.31. The lowest BCUT2D eigenvalue weighted by Crippen LogP contribution is -2.30. The summed E-state index contributed by atoms with van der Waals surface area (Å²) in [4.78, 5) is 37.7. The minimum absolute atomic E-state index is 0.0710. The molecule has 8 nitrogen and oxygen atoms in total. The first kappa shape index (κ1) is 23.9. The molecular weight excluding hydrogens is 565 g/mol. The molecule has 1 amide bonds. The number of phenols is 1. The molecule has 1 aliphatic rings. The Morgan fingerprint density at radius 1 is 1.27 bits per heavy atom. The fraction of sp³-hybridized carbons (Fsp3) is 0.273. The van der Waals surface area contributed by atoms with E-state index in [0.29, 0.717) is 39.7 Å². The highest BCUT2D eigenvalue weighted by Crippen LogP contribution is 2.42. The van der Waals surface area contributed by atoms with Crippen molar-refractivity contribution in [1.82, 2.24) is 9.88 Å². The van der Waals surface area contributed by atoms with Gasteiger partial charge in [0, 0.05) is 33.8 Å². The number of carbonyl (C=O) groups is 1. The summed E-state index contributed by atoms with van der Waals surface area (Å²) >= 11 is 1.90. The molecule has 3 N–H and O–H groups in total. The molecule has 0 saturated heterocycles. The Kier molecular flexibility index (Phi) is 6.90. The lowest BCUT2D eigenvalue weighted by molar-refractivity contribution is 0.0746. The molecule has 4 rings (SSSR count). The molecule has 0 fully saturated rings. The summed E-state index contributed by atoms with van der Waals surface area (Å²) in [6, 6.07) is 7.99. The van der Waals surface area contributed by atoms with E-state index < -0.39 is 19.7 Å². The molecule has 0 bridgehead atoms. The van der Waals surface area contributed by atoms with Gasteiger partial charge in [-0.1, -0.05) is 6.07 Å². The summed E-state index contributed by atoms with van der Waals surface area (Å²) in [6.45, 7) is 0.395. The molecule has 0 spiro atoms. The van der Waals surface area contributed by atoms with Crippen molar-refractivity contribution in [3.8, 4) is 11.5 Å². The number of nitrogens with zero attached hydrogens (tertiary/aromatic N) is 2. The molecule has 0 saturated carbocycles. The van der Waals surface area contributed by atoms with Gasteiger partial charge < -0.3 is 24.5 Å². The van der Waals surface area contributed by atoms with E-state index in [2.05, 4.69) is 4.98 Å². The second-order valence-corrected chi connectivity index (χ2v) is 10.7. The van der Waals surface area contributed by atoms with E-state index in [1.165, 1.54) is 12.3 Å². The Balaban J connectivity index is 1.76. The molecule has 0 radical (unpaired) electrons. The van der Waals surface area contributed by atoms with Gasteiger partial charge in [0.25, 0.3) is 5.91 Å². The van der Waals surface area contributed by atoms with Gasteiger partial charge in [0.15, 0.2) is 5.75 Å². The predicted molar refractivity (Wildman–Crippen MR) is 128 cm³/mol. The SMILES string of the molecule is O=C1c2c(c(OCCP(=O)(O)O)c3cccnc3c2O)CCCN1Cc1ccc(F)c(I)c1. The second kappa shape index (κ2) is 9.54. The first-order chi connectivity index (χ1) is 15.7. The minimum atomic E-state index is -4.27. The minimum Gasteiger partial charge on any atom is -0.505 e. The molecule has 0 aliphatic carbocycles. The molecule has 3 aromatic rings. The average Bonchev–Trinajstić information content (AvgIpc) is 2.92. The van der Waals surface area contributed by atoms with Crippen LogP contribution in [0, 0.1) is 9.39 Å². The molecule has 1 aromatic heterocycles. The van der Waals surface area contributed by atoms with Crippen molar-refractivity contribution >= 4 is 47.0 Å². The first-order valence-corrected chi connectivity index (χ1v) is 13.1. The quantitative estimate of drug-likeness (QED) is 0.297. The molecule has 174 valence electrons. The number of aromatic nitrogens is 1. The number of benzene rings is 2. The molecular formula is C22H21FIN2O6P. The van der Waals surface area contributed by atoms with Gasteiger partial charge in [-0.3, -0.25) is 14.3 Å². The lowest BCUT2D eigenvalue weighted by atomic mass is 9.97. The summed E-state index contributed by atoms with van der Waals surface area (Å²) in [6.07, 6.45) is 2.00. The van der Waals surface area contributed by atoms with Crippen LogP contribution in [0.2, 0.25) is 0 Å². The molecule has 2 heterocycles. The van der Waals surface area contributed by atoms with Crippen molar-refractivity contribution in [3.05, 3.63) is 62.6 Å². The zero-order valence-corrected chi connectivity index (χ0v) is 20.4. The van der Waals surface area contributed by atoms with Crippen LogP contribution in [0.3, 0.4) is 0 Å². The Morgan fingerprint density at radius 3 is 2.79 bits per heavy atom. The standard InChI is InChI=1S/C22H21FIN2O6P/c23-16-6-5-13(11-17(16)24)12-26-8-2-4-14-18(22(26)28)20(27)19-15(3-1-7-25-19)21(14)32-9-10-33(29,30)31/h1,3,5-7,11,27H,2,4,8-10,12H2,(H2,29,30,31). The Morgan fingerprint density at radius 2 is 2.06 bits per heavy atom. The van der Waals surface area contributed by atoms with Crippen molar-refractivity contribution in [2.45, 2.75) is 19.4 Å². The zero-order chi connectivity index (χ0) is 23.8. The Hall–Kier alpha value is -2.27. The maximum atomic E-state index is 13.6. The van der Waals surface area contributed by atoms with E-state index in [1.54, 1.807) is 29.2 Å². The summed E-state index contributed by atoms with van der Waals surface area (Å²) < 4.78 is 31.1. The van der Waals surface area contributed by atoms with Crippen LogP contribution in [0.5, 0.6) is 11.5 Å². The number of aromatic hydroxyl groups is 1. The number of amides is 1. The maximum absolute atomic E-state index is 13.6. The molecule has 2 aromatic carbocycles. The van der Waals surface area contributed by atoms with Crippen LogP contribution < -0.4 is 4.74 Å². The van der Waals surface area contributed by atoms with Crippen LogP contribution in [0.1, 0.15) is 27.9 Å². The number of halogens is 2. The Labute approximate surface area is 202 Å². The number of carbonyl (C=O) groups excluding carboxylic acids is 1. The number of hydrogen-bond acceptors (Lipinski definition) is 5. The summed E-state index contributed by atoms with van der Waals surface area (Å²) in [5.74, 6) is -0.703. The second-order valence-electron chi connectivity index (χ2n) is 7.75. The third-order valence-electron chi connectivity index (χ3n) is 5.43. The van der Waals surface area contributed by atoms with Gasteiger partial charge in [0.05, 0.1) is 18.3 Å². The van der Waals surface area contributed by atoms with Crippen LogP contribution in [-0.2, 0) is 17.5 Å². The predicted octanol–water partition coefficient (Wildman–Crippen LogP) is 3.83. The number of fused-ring (bicyclic) bond motifs is 2. The summed E-state index contributed by atoms with van der Waals surface area (Å²) in [7, 11) is -4.27. The van der Waals surface area contributed by atoms with Crippen LogP contribution in [0.4, 0.5) is 4.39 Å². The third-order valence-corrected chi connectivity index (χ3v) is 7.02. The molecule has 0 atom stereocenters. The van der Waals surface area contributed by atoms with E-state index in [1.807, 2.05) is 22.6 Å². The monoisotopic (exact) mass is 586 g/mol. The molecule has 0 unspecified atom stereocenters. The summed E-state index contributed by atoms with van der Waals surface area (Å²) in [5.41, 5.74) is 1.49. The highest BCUT2D eigenvalue weighted by atomic mass is 127. The van der Waals surface area contributed by atoms with Crippen LogP contribution in [0.15, 0.2) is 36.5 Å². The maximum Gasteiger partial charge on any atom is 0.328 e. The fourth-order valence-electron chi connectivity index (χ4n) is 3.93. The van der Waals surface area contributed by atoms with Gasteiger partial charge in [-0.05, 0) is 65.3 Å². The highest BCUT2D eigenvalue weighted by molar-refractivity contribution is 14.1. The third kappa shape index (κ3) is 5.13. The number of pyridine rings is 1. The first-order valence-electron chi connectivity index (χ1n) is 10.2. The van der Waals surface area contributed by atoms with Gasteiger partial charge in [-0.25, -0.2) is 4.39 Å². The Bertz CT molecular complexity index is 1280. The average molecular weight is 586 g/mol. The van der Waals surface area contributed by atoms with E-state index in [9.17, 15) is 28.6 Å². The van der Waals surface area contributed by atoms with E-state index >= 15 is 0 Å². The van der Waals surface area contributed by atoms with Crippen molar-refractivity contribution in [2.75, 3.05) is 19.3 Å². The number of rotatable bonds is 6. The van der Waals surface area contributed by atoms with Gasteiger partial charge in [-0.2, -0.15) is 0 Å². The fourth-order valence-corrected chi connectivity index (χ4v) is 4.84. The van der Waals surface area contributed by atoms with Crippen molar-refractivity contribution in [2.24, 2.45) is 0 Å². The molecule has 33 heavy (non-hydrogen) atoms. The van der Waals surface area contributed by atoms with E-state index in [0.717, 1.165) is 5.56 Å². The van der Waals surface area contributed by atoms with Crippen molar-refractivity contribution in [1.29, 1.82) is 0 Å². The number of hydrogen-bond donors (Lipinski definition) is 3. The van der Waals surface area contributed by atoms with Crippen LogP contribution >= 0.6 is 30.2 Å². The topological polar surface area (TPSA) is 120 Å².